The minimum Gasteiger partial charge on any atom is -0.347 e. The van der Waals surface area contributed by atoms with Gasteiger partial charge in [0.2, 0.25) is 0 Å². The van der Waals surface area contributed by atoms with Crippen LogP contribution < -0.4 is 0 Å². The first kappa shape index (κ1) is 18.5. The molecule has 0 amide bonds. The van der Waals surface area contributed by atoms with Crippen LogP contribution in [0.15, 0.2) is 66.0 Å². The molecule has 4 aromatic rings. The van der Waals surface area contributed by atoms with Crippen molar-refractivity contribution in [3.05, 3.63) is 77.9 Å². The van der Waals surface area contributed by atoms with Gasteiger partial charge >= 0.3 is 6.18 Å². The highest BCUT2D eigenvalue weighted by atomic mass is 32.2. The average molecular weight is 403 g/mol. The smallest absolute Gasteiger partial charge is 0.347 e. The van der Waals surface area contributed by atoms with Crippen LogP contribution in [0.1, 0.15) is 11.1 Å². The monoisotopic (exact) mass is 403 g/mol. The van der Waals surface area contributed by atoms with Crippen LogP contribution in [0.2, 0.25) is 0 Å². The molecule has 0 bridgehead atoms. The average Bonchev–Trinajstić information content (AvgIpc) is 3.12. The highest BCUT2D eigenvalue weighted by Crippen LogP contribution is 2.42. The van der Waals surface area contributed by atoms with Gasteiger partial charge in [-0.05, 0) is 23.8 Å². The second kappa shape index (κ2) is 7.27. The van der Waals surface area contributed by atoms with Crippen LogP contribution in [0, 0.1) is 5.82 Å². The molecule has 0 aliphatic rings. The standard InChI is InChI=1S/C20H13F4N3S/c21-15-10-14(20(22,23)24)17(19-25-7-4-8-26-19)13-9-16(27-18(13)15)28-11-12-5-2-1-3-6-12/h1-10,27H,11H2. The Morgan fingerprint density at radius 3 is 2.36 bits per heavy atom. The number of aromatic amines is 1. The molecule has 0 unspecified atom stereocenters. The van der Waals surface area contributed by atoms with E-state index in [1.165, 1.54) is 36.3 Å². The van der Waals surface area contributed by atoms with E-state index in [0.717, 1.165) is 5.56 Å². The van der Waals surface area contributed by atoms with Crippen molar-refractivity contribution < 1.29 is 17.6 Å². The van der Waals surface area contributed by atoms with Gasteiger partial charge in [0.05, 0.1) is 16.1 Å². The Morgan fingerprint density at radius 1 is 0.964 bits per heavy atom. The Hall–Kier alpha value is -2.87. The lowest BCUT2D eigenvalue weighted by Crippen LogP contribution is -2.09. The molecule has 2 aromatic heterocycles. The number of thioether (sulfide) groups is 1. The summed E-state index contributed by atoms with van der Waals surface area (Å²) in [5.41, 5.74) is -0.269. The predicted octanol–water partition coefficient (Wildman–Crippen LogP) is 6.08. The summed E-state index contributed by atoms with van der Waals surface area (Å²) in [5, 5.41) is 0.670. The number of hydrogen-bond acceptors (Lipinski definition) is 3. The SMILES string of the molecule is Fc1cc(C(F)(F)F)c(-c2ncccn2)c2cc(SCc3ccccc3)[nH]c12. The second-order valence-corrected chi connectivity index (χ2v) is 7.06. The van der Waals surface area contributed by atoms with Gasteiger partial charge in [0, 0.05) is 29.1 Å². The molecule has 3 nitrogen and oxygen atoms in total. The third kappa shape index (κ3) is 3.60. The lowest BCUT2D eigenvalue weighted by molar-refractivity contribution is -0.137. The third-order valence-corrected chi connectivity index (χ3v) is 5.18. The molecule has 0 atom stereocenters. The molecule has 0 saturated carbocycles. The quantitative estimate of drug-likeness (QED) is 0.332. The number of nitrogens with one attached hydrogen (secondary N) is 1. The number of fused-ring (bicyclic) bond motifs is 1. The number of hydrogen-bond donors (Lipinski definition) is 1. The van der Waals surface area contributed by atoms with E-state index in [2.05, 4.69) is 15.0 Å². The largest absolute Gasteiger partial charge is 0.417 e. The molecule has 1 N–H and O–H groups in total. The van der Waals surface area contributed by atoms with Gasteiger partial charge in [-0.15, -0.1) is 11.8 Å². The second-order valence-electron chi connectivity index (χ2n) is 6.05. The summed E-state index contributed by atoms with van der Waals surface area (Å²) in [5.74, 6) is -0.467. The first-order chi connectivity index (χ1) is 13.4. The van der Waals surface area contributed by atoms with Crippen molar-refractivity contribution in [1.82, 2.24) is 15.0 Å². The fraction of sp³-hybridized carbons (Fsp3) is 0.100. The first-order valence-corrected chi connectivity index (χ1v) is 9.28. The number of nitrogens with zero attached hydrogens (tertiary/aromatic N) is 2. The third-order valence-electron chi connectivity index (χ3n) is 4.17. The predicted molar refractivity (Wildman–Crippen MR) is 100 cm³/mol. The van der Waals surface area contributed by atoms with Crippen molar-refractivity contribution in [2.24, 2.45) is 0 Å². The van der Waals surface area contributed by atoms with E-state index in [-0.39, 0.29) is 22.3 Å². The van der Waals surface area contributed by atoms with Crippen molar-refractivity contribution in [2.45, 2.75) is 17.0 Å². The number of halogens is 4. The van der Waals surface area contributed by atoms with Gasteiger partial charge in [0.25, 0.3) is 0 Å². The molecule has 2 heterocycles. The summed E-state index contributed by atoms with van der Waals surface area (Å²) in [6.07, 6.45) is -2.02. The molecule has 0 saturated heterocycles. The van der Waals surface area contributed by atoms with E-state index in [9.17, 15) is 17.6 Å². The summed E-state index contributed by atoms with van der Waals surface area (Å²) < 4.78 is 55.2. The zero-order valence-corrected chi connectivity index (χ0v) is 15.1. The van der Waals surface area contributed by atoms with Gasteiger partial charge in [-0.2, -0.15) is 13.2 Å². The van der Waals surface area contributed by atoms with E-state index in [4.69, 9.17) is 0 Å². The van der Waals surface area contributed by atoms with Crippen LogP contribution in [0.3, 0.4) is 0 Å². The molecule has 0 fully saturated rings. The number of benzene rings is 2. The minimum absolute atomic E-state index is 0.00557. The summed E-state index contributed by atoms with van der Waals surface area (Å²) in [7, 11) is 0. The maximum absolute atomic E-state index is 14.5. The Kier molecular flexibility index (Phi) is 4.80. The van der Waals surface area contributed by atoms with Gasteiger partial charge in [0.15, 0.2) is 5.82 Å². The summed E-state index contributed by atoms with van der Waals surface area (Å²) in [6.45, 7) is 0. The molecule has 2 aromatic carbocycles. The van der Waals surface area contributed by atoms with Gasteiger partial charge in [0.1, 0.15) is 5.82 Å². The highest BCUT2D eigenvalue weighted by molar-refractivity contribution is 7.98. The van der Waals surface area contributed by atoms with Crippen molar-refractivity contribution >= 4 is 22.7 Å². The highest BCUT2D eigenvalue weighted by Gasteiger charge is 2.37. The van der Waals surface area contributed by atoms with Gasteiger partial charge in [-0.1, -0.05) is 30.3 Å². The normalized spacial score (nSPS) is 11.9. The number of H-pyrrole nitrogens is 1. The van der Waals surface area contributed by atoms with Crippen LogP contribution in [0.25, 0.3) is 22.3 Å². The van der Waals surface area contributed by atoms with E-state index in [1.54, 1.807) is 0 Å². The first-order valence-electron chi connectivity index (χ1n) is 8.30. The molecule has 28 heavy (non-hydrogen) atoms. The summed E-state index contributed by atoms with van der Waals surface area (Å²) in [6, 6.07) is 13.1. The van der Waals surface area contributed by atoms with Gasteiger partial charge in [-0.3, -0.25) is 0 Å². The van der Waals surface area contributed by atoms with E-state index >= 15 is 0 Å². The molecule has 0 radical (unpaired) electrons. The zero-order valence-electron chi connectivity index (χ0n) is 14.3. The van der Waals surface area contributed by atoms with E-state index in [0.29, 0.717) is 16.8 Å². The molecular weight excluding hydrogens is 390 g/mol. The topological polar surface area (TPSA) is 41.6 Å². The lowest BCUT2D eigenvalue weighted by Gasteiger charge is -2.13. The van der Waals surface area contributed by atoms with E-state index in [1.807, 2.05) is 30.3 Å². The van der Waals surface area contributed by atoms with Crippen LogP contribution in [-0.2, 0) is 11.9 Å². The van der Waals surface area contributed by atoms with Crippen molar-refractivity contribution in [1.29, 1.82) is 0 Å². The number of alkyl halides is 3. The van der Waals surface area contributed by atoms with Crippen molar-refractivity contribution in [3.8, 4) is 11.4 Å². The maximum Gasteiger partial charge on any atom is 0.417 e. The minimum atomic E-state index is -4.74. The molecule has 0 aliphatic carbocycles. The van der Waals surface area contributed by atoms with Crippen molar-refractivity contribution in [2.75, 3.05) is 0 Å². The molecule has 142 valence electrons. The zero-order chi connectivity index (χ0) is 19.7. The molecular formula is C20H13F4N3S. The Balaban J connectivity index is 1.84. The van der Waals surface area contributed by atoms with Crippen LogP contribution in [-0.4, -0.2) is 15.0 Å². The van der Waals surface area contributed by atoms with Crippen LogP contribution >= 0.6 is 11.8 Å². The fourth-order valence-corrected chi connectivity index (χ4v) is 3.83. The number of aromatic nitrogens is 3. The van der Waals surface area contributed by atoms with E-state index < -0.39 is 17.6 Å². The Labute approximate surface area is 161 Å². The van der Waals surface area contributed by atoms with Crippen LogP contribution in [0.5, 0.6) is 0 Å². The van der Waals surface area contributed by atoms with Gasteiger partial charge in [-0.25, -0.2) is 14.4 Å². The molecule has 0 spiro atoms. The summed E-state index contributed by atoms with van der Waals surface area (Å²) >= 11 is 1.38. The van der Waals surface area contributed by atoms with Gasteiger partial charge < -0.3 is 4.98 Å². The Bertz CT molecular complexity index is 1110. The lowest BCUT2D eigenvalue weighted by atomic mass is 10.0. The van der Waals surface area contributed by atoms with Crippen LogP contribution in [0.4, 0.5) is 17.6 Å². The summed E-state index contributed by atoms with van der Waals surface area (Å²) in [4.78, 5) is 10.8. The van der Waals surface area contributed by atoms with Crippen molar-refractivity contribution in [3.63, 3.8) is 0 Å². The Morgan fingerprint density at radius 2 is 1.68 bits per heavy atom. The fourth-order valence-electron chi connectivity index (χ4n) is 2.94. The molecule has 8 heteroatoms. The number of rotatable bonds is 4. The molecule has 0 aliphatic heterocycles. The molecule has 4 rings (SSSR count). The maximum atomic E-state index is 14.5.